The summed E-state index contributed by atoms with van der Waals surface area (Å²) in [7, 11) is 0. The average molecular weight is 502 g/mol. The number of para-hydroxylation sites is 1. The molecule has 5 rings (SSSR count). The Hall–Kier alpha value is -3.32. The second-order valence-electron chi connectivity index (χ2n) is 9.80. The standard InChI is InChI=1S/C29H31N3O3S/c1-4-21-6-5-7-24-22(17-31(27(21)24)18-26(33)30-14-12-20(3)13-15-30)16-25-28(34)32(29(35)36-25)23-10-8-19(2)9-11-23/h5-11,16-17,20H,4,12-15,18H2,1-3H3/b25-16-. The fourth-order valence-electron chi connectivity index (χ4n) is 5.02. The molecule has 0 aliphatic carbocycles. The van der Waals surface area contributed by atoms with Gasteiger partial charge in [0.05, 0.1) is 16.1 Å². The maximum absolute atomic E-state index is 13.2. The molecule has 0 atom stereocenters. The number of rotatable bonds is 5. The molecule has 7 heteroatoms. The lowest BCUT2D eigenvalue weighted by molar-refractivity contribution is -0.133. The van der Waals surface area contributed by atoms with Gasteiger partial charge in [0.15, 0.2) is 0 Å². The third kappa shape index (κ3) is 4.60. The SMILES string of the molecule is CCc1cccc2c(/C=C3\SC(=O)N(c4ccc(C)cc4)C3=O)cn(CC(=O)N3CCC(C)CC3)c12. The van der Waals surface area contributed by atoms with Crippen LogP contribution in [0.15, 0.2) is 53.6 Å². The first-order chi connectivity index (χ1) is 17.4. The van der Waals surface area contributed by atoms with Crippen LogP contribution in [-0.2, 0) is 22.6 Å². The Morgan fingerprint density at radius 2 is 1.81 bits per heavy atom. The summed E-state index contributed by atoms with van der Waals surface area (Å²) in [6.45, 7) is 8.18. The number of carbonyl (C=O) groups is 3. The van der Waals surface area contributed by atoms with E-state index in [1.54, 1.807) is 18.2 Å². The van der Waals surface area contributed by atoms with Crippen molar-refractivity contribution in [3.8, 4) is 0 Å². The molecule has 2 aliphatic rings. The highest BCUT2D eigenvalue weighted by Crippen LogP contribution is 2.37. The largest absolute Gasteiger partial charge is 0.341 e. The molecule has 0 saturated carbocycles. The first-order valence-corrected chi connectivity index (χ1v) is 13.4. The lowest BCUT2D eigenvalue weighted by Crippen LogP contribution is -2.39. The summed E-state index contributed by atoms with van der Waals surface area (Å²) in [5, 5.41) is 0.680. The number of amides is 3. The van der Waals surface area contributed by atoms with Crippen molar-refractivity contribution in [2.45, 2.75) is 46.6 Å². The van der Waals surface area contributed by atoms with Crippen LogP contribution < -0.4 is 4.90 Å². The van der Waals surface area contributed by atoms with E-state index in [0.717, 1.165) is 71.7 Å². The van der Waals surface area contributed by atoms with Gasteiger partial charge in [-0.1, -0.05) is 49.7 Å². The molecule has 1 aromatic heterocycles. The Labute approximate surface area is 215 Å². The molecule has 0 N–H and O–H groups in total. The number of anilines is 1. The normalized spacial score (nSPS) is 18.1. The average Bonchev–Trinajstić information content (AvgIpc) is 3.36. The van der Waals surface area contributed by atoms with Crippen molar-refractivity contribution in [1.82, 2.24) is 9.47 Å². The molecule has 0 spiro atoms. The summed E-state index contributed by atoms with van der Waals surface area (Å²) in [5.74, 6) is 0.464. The van der Waals surface area contributed by atoms with E-state index in [1.807, 2.05) is 46.9 Å². The van der Waals surface area contributed by atoms with Crippen LogP contribution in [0.1, 0.15) is 43.4 Å². The molecule has 2 saturated heterocycles. The van der Waals surface area contributed by atoms with E-state index in [2.05, 4.69) is 19.9 Å². The van der Waals surface area contributed by atoms with Crippen LogP contribution in [0.3, 0.4) is 0 Å². The summed E-state index contributed by atoms with van der Waals surface area (Å²) in [5.41, 5.74) is 4.65. The molecule has 3 aromatic rings. The Bertz CT molecular complexity index is 1360. The summed E-state index contributed by atoms with van der Waals surface area (Å²) < 4.78 is 2.02. The van der Waals surface area contributed by atoms with E-state index in [9.17, 15) is 14.4 Å². The Morgan fingerprint density at radius 3 is 2.50 bits per heavy atom. The molecule has 2 fully saturated rings. The highest BCUT2D eigenvalue weighted by Gasteiger charge is 2.36. The molecule has 2 aromatic carbocycles. The number of imide groups is 1. The van der Waals surface area contributed by atoms with Gasteiger partial charge >= 0.3 is 0 Å². The van der Waals surface area contributed by atoms with Crippen LogP contribution in [0, 0.1) is 12.8 Å². The molecule has 0 bridgehead atoms. The van der Waals surface area contributed by atoms with E-state index in [-0.39, 0.29) is 23.6 Å². The summed E-state index contributed by atoms with van der Waals surface area (Å²) in [6.07, 6.45) is 6.67. The van der Waals surface area contributed by atoms with Crippen LogP contribution in [0.5, 0.6) is 0 Å². The Morgan fingerprint density at radius 1 is 1.08 bits per heavy atom. The number of piperidine rings is 1. The van der Waals surface area contributed by atoms with Gasteiger partial charge in [-0.25, -0.2) is 4.90 Å². The number of thioether (sulfide) groups is 1. The first kappa shape index (κ1) is 24.4. The van der Waals surface area contributed by atoms with Gasteiger partial charge in [-0.2, -0.15) is 0 Å². The number of fused-ring (bicyclic) bond motifs is 1. The lowest BCUT2D eigenvalue weighted by atomic mass is 9.99. The molecular formula is C29H31N3O3S. The van der Waals surface area contributed by atoms with E-state index >= 15 is 0 Å². The minimum absolute atomic E-state index is 0.121. The van der Waals surface area contributed by atoms with Gasteiger partial charge in [-0.15, -0.1) is 0 Å². The quantitative estimate of drug-likeness (QED) is 0.402. The van der Waals surface area contributed by atoms with Crippen molar-refractivity contribution in [3.05, 3.63) is 70.3 Å². The fraction of sp³-hybridized carbons (Fsp3) is 0.345. The van der Waals surface area contributed by atoms with Crippen LogP contribution >= 0.6 is 11.8 Å². The molecule has 0 unspecified atom stereocenters. The summed E-state index contributed by atoms with van der Waals surface area (Å²) >= 11 is 0.954. The van der Waals surface area contributed by atoms with Crippen LogP contribution in [0.25, 0.3) is 17.0 Å². The number of carbonyl (C=O) groups excluding carboxylic acids is 3. The van der Waals surface area contributed by atoms with E-state index < -0.39 is 0 Å². The molecule has 36 heavy (non-hydrogen) atoms. The zero-order chi connectivity index (χ0) is 25.4. The third-order valence-corrected chi connectivity index (χ3v) is 8.08. The topological polar surface area (TPSA) is 62.6 Å². The molecule has 6 nitrogen and oxygen atoms in total. The number of benzene rings is 2. The predicted octanol–water partition coefficient (Wildman–Crippen LogP) is 6.01. The van der Waals surface area contributed by atoms with Crippen LogP contribution in [-0.4, -0.2) is 39.6 Å². The van der Waals surface area contributed by atoms with E-state index in [4.69, 9.17) is 0 Å². The maximum Gasteiger partial charge on any atom is 0.298 e. The number of aryl methyl sites for hydroxylation is 2. The van der Waals surface area contributed by atoms with Crippen molar-refractivity contribution >= 4 is 51.5 Å². The van der Waals surface area contributed by atoms with Crippen LogP contribution in [0.2, 0.25) is 0 Å². The second-order valence-corrected chi connectivity index (χ2v) is 10.8. The van der Waals surface area contributed by atoms with E-state index in [0.29, 0.717) is 16.5 Å². The highest BCUT2D eigenvalue weighted by molar-refractivity contribution is 8.19. The minimum atomic E-state index is -0.320. The molecule has 186 valence electrons. The van der Waals surface area contributed by atoms with Gasteiger partial charge in [0, 0.05) is 30.2 Å². The summed E-state index contributed by atoms with van der Waals surface area (Å²) in [6, 6.07) is 13.5. The smallest absolute Gasteiger partial charge is 0.298 e. The zero-order valence-electron chi connectivity index (χ0n) is 21.0. The number of hydrogen-bond donors (Lipinski definition) is 0. The van der Waals surface area contributed by atoms with Gasteiger partial charge in [0.25, 0.3) is 11.1 Å². The summed E-state index contributed by atoms with van der Waals surface area (Å²) in [4.78, 5) is 42.7. The van der Waals surface area contributed by atoms with Gasteiger partial charge in [-0.3, -0.25) is 14.4 Å². The Kier molecular flexibility index (Phi) is 6.75. The van der Waals surface area contributed by atoms with Gasteiger partial charge in [0.2, 0.25) is 5.91 Å². The molecule has 0 radical (unpaired) electrons. The highest BCUT2D eigenvalue weighted by atomic mass is 32.2. The van der Waals surface area contributed by atoms with Gasteiger partial charge in [-0.05, 0) is 67.6 Å². The lowest BCUT2D eigenvalue weighted by Gasteiger charge is -2.30. The predicted molar refractivity (Wildman–Crippen MR) is 146 cm³/mol. The molecular weight excluding hydrogens is 470 g/mol. The van der Waals surface area contributed by atoms with Crippen molar-refractivity contribution in [1.29, 1.82) is 0 Å². The maximum atomic E-state index is 13.2. The van der Waals surface area contributed by atoms with Gasteiger partial charge < -0.3 is 9.47 Å². The zero-order valence-corrected chi connectivity index (χ0v) is 21.8. The minimum Gasteiger partial charge on any atom is -0.341 e. The number of hydrogen-bond acceptors (Lipinski definition) is 4. The number of likely N-dealkylation sites (tertiary alicyclic amines) is 1. The van der Waals surface area contributed by atoms with Crippen molar-refractivity contribution < 1.29 is 14.4 Å². The Balaban J connectivity index is 1.49. The molecule has 3 amide bonds. The van der Waals surface area contributed by atoms with Crippen LogP contribution in [0.4, 0.5) is 10.5 Å². The second kappa shape index (κ2) is 9.97. The van der Waals surface area contributed by atoms with Crippen molar-refractivity contribution in [2.24, 2.45) is 5.92 Å². The number of nitrogens with zero attached hydrogens (tertiary/aromatic N) is 3. The monoisotopic (exact) mass is 501 g/mol. The first-order valence-electron chi connectivity index (χ1n) is 12.6. The van der Waals surface area contributed by atoms with E-state index in [1.165, 1.54) is 4.90 Å². The van der Waals surface area contributed by atoms with Crippen molar-refractivity contribution in [3.63, 3.8) is 0 Å². The molecule has 3 heterocycles. The third-order valence-electron chi connectivity index (χ3n) is 7.21. The van der Waals surface area contributed by atoms with Crippen molar-refractivity contribution in [2.75, 3.05) is 18.0 Å². The number of aromatic nitrogens is 1. The molecule has 2 aliphatic heterocycles. The van der Waals surface area contributed by atoms with Gasteiger partial charge in [0.1, 0.15) is 6.54 Å². The fourth-order valence-corrected chi connectivity index (χ4v) is 5.85.